The summed E-state index contributed by atoms with van der Waals surface area (Å²) in [6, 6.07) is 0. The van der Waals surface area contributed by atoms with Crippen molar-refractivity contribution in [1.29, 1.82) is 0 Å². The van der Waals surface area contributed by atoms with Gasteiger partial charge in [0.2, 0.25) is 0 Å². The molecule has 1 aliphatic rings. The first-order chi connectivity index (χ1) is 6.43. The van der Waals surface area contributed by atoms with Crippen molar-refractivity contribution < 1.29 is 0 Å². The fourth-order valence-electron chi connectivity index (χ4n) is 1.20. The Bertz CT molecular complexity index is 403. The van der Waals surface area contributed by atoms with E-state index < -0.39 is 0 Å². The second kappa shape index (κ2) is 2.85. The van der Waals surface area contributed by atoms with Gasteiger partial charge in [-0.3, -0.25) is 0 Å². The Morgan fingerprint density at radius 1 is 1.23 bits per heavy atom. The van der Waals surface area contributed by atoms with Crippen molar-refractivity contribution in [3.05, 3.63) is 15.8 Å². The van der Waals surface area contributed by atoms with Crippen LogP contribution in [0.1, 0.15) is 23.8 Å². The summed E-state index contributed by atoms with van der Waals surface area (Å²) in [7, 11) is 0. The third kappa shape index (κ3) is 1.38. The zero-order chi connectivity index (χ0) is 8.67. The Kier molecular flexibility index (Phi) is 1.66. The van der Waals surface area contributed by atoms with Gasteiger partial charge in [0.05, 0.1) is 5.01 Å². The van der Waals surface area contributed by atoms with Gasteiger partial charge >= 0.3 is 0 Å². The van der Waals surface area contributed by atoms with Crippen LogP contribution in [0.15, 0.2) is 10.8 Å². The zero-order valence-corrected chi connectivity index (χ0v) is 8.44. The molecule has 0 atom stereocenters. The monoisotopic (exact) mass is 209 g/mol. The quantitative estimate of drug-likeness (QED) is 0.763. The van der Waals surface area contributed by atoms with Crippen LogP contribution in [0.4, 0.5) is 0 Å². The van der Waals surface area contributed by atoms with E-state index in [0.717, 1.165) is 17.3 Å². The molecule has 0 aromatic carbocycles. The standard InChI is InChI=1S/C8H7N3S2/c1-2-5(1)8-9-6(3-12-8)7-4-13-11-10-7/h3-5H,1-2H2. The minimum Gasteiger partial charge on any atom is -0.239 e. The molecule has 0 aliphatic heterocycles. The van der Waals surface area contributed by atoms with Crippen LogP contribution < -0.4 is 0 Å². The lowest BCUT2D eigenvalue weighted by atomic mass is 10.4. The minimum atomic E-state index is 0.741. The Morgan fingerprint density at radius 3 is 2.85 bits per heavy atom. The molecule has 2 heterocycles. The molecule has 0 radical (unpaired) electrons. The van der Waals surface area contributed by atoms with E-state index in [4.69, 9.17) is 0 Å². The second-order valence-corrected chi connectivity index (χ2v) is 4.63. The molecule has 66 valence electrons. The van der Waals surface area contributed by atoms with Crippen molar-refractivity contribution >= 4 is 22.9 Å². The number of nitrogens with zero attached hydrogens (tertiary/aromatic N) is 3. The Balaban J connectivity index is 1.97. The maximum absolute atomic E-state index is 4.54. The van der Waals surface area contributed by atoms with Crippen LogP contribution in [-0.2, 0) is 0 Å². The summed E-state index contributed by atoms with van der Waals surface area (Å²) in [6.07, 6.45) is 2.62. The molecular formula is C8H7N3S2. The van der Waals surface area contributed by atoms with Gasteiger partial charge in [-0.25, -0.2) is 4.98 Å². The molecule has 1 fully saturated rings. The van der Waals surface area contributed by atoms with Crippen molar-refractivity contribution in [2.24, 2.45) is 0 Å². The molecule has 1 saturated carbocycles. The molecule has 0 saturated heterocycles. The maximum atomic E-state index is 4.54. The zero-order valence-electron chi connectivity index (χ0n) is 6.80. The fraction of sp³-hybridized carbons (Fsp3) is 0.375. The van der Waals surface area contributed by atoms with Crippen molar-refractivity contribution in [2.75, 3.05) is 0 Å². The lowest BCUT2D eigenvalue weighted by Crippen LogP contribution is -1.80. The van der Waals surface area contributed by atoms with E-state index in [2.05, 4.69) is 20.0 Å². The lowest BCUT2D eigenvalue weighted by molar-refractivity contribution is 1.07. The molecule has 5 heteroatoms. The molecule has 3 nitrogen and oxygen atoms in total. The Morgan fingerprint density at radius 2 is 2.15 bits per heavy atom. The lowest BCUT2D eigenvalue weighted by Gasteiger charge is -1.86. The van der Waals surface area contributed by atoms with E-state index in [1.54, 1.807) is 11.3 Å². The predicted octanol–water partition coefficient (Wildman–Crippen LogP) is 2.54. The van der Waals surface area contributed by atoms with Crippen molar-refractivity contribution in [3.8, 4) is 11.4 Å². The number of hydrogen-bond acceptors (Lipinski definition) is 5. The molecule has 3 rings (SSSR count). The van der Waals surface area contributed by atoms with Gasteiger partial charge in [0, 0.05) is 16.7 Å². The highest BCUT2D eigenvalue weighted by Crippen LogP contribution is 2.42. The first kappa shape index (κ1) is 7.58. The summed E-state index contributed by atoms with van der Waals surface area (Å²) in [4.78, 5) is 4.54. The summed E-state index contributed by atoms with van der Waals surface area (Å²) >= 11 is 3.12. The highest BCUT2D eigenvalue weighted by molar-refractivity contribution is 7.10. The van der Waals surface area contributed by atoms with E-state index >= 15 is 0 Å². The second-order valence-electron chi connectivity index (χ2n) is 3.14. The number of hydrogen-bond donors (Lipinski definition) is 0. The predicted molar refractivity (Wildman–Crippen MR) is 53.0 cm³/mol. The summed E-state index contributed by atoms with van der Waals surface area (Å²) in [5, 5.41) is 9.27. The van der Waals surface area contributed by atoms with E-state index in [1.165, 1.54) is 29.4 Å². The fourth-order valence-corrected chi connectivity index (χ4v) is 2.63. The van der Waals surface area contributed by atoms with Crippen molar-refractivity contribution in [3.63, 3.8) is 0 Å². The van der Waals surface area contributed by atoms with Gasteiger partial charge in [0.15, 0.2) is 0 Å². The molecule has 0 spiro atoms. The van der Waals surface area contributed by atoms with Crippen LogP contribution in [0.2, 0.25) is 0 Å². The van der Waals surface area contributed by atoms with Gasteiger partial charge in [-0.1, -0.05) is 4.49 Å². The third-order valence-electron chi connectivity index (χ3n) is 2.07. The molecule has 2 aromatic rings. The molecule has 13 heavy (non-hydrogen) atoms. The van der Waals surface area contributed by atoms with E-state index in [-0.39, 0.29) is 0 Å². The van der Waals surface area contributed by atoms with Crippen LogP contribution in [0.3, 0.4) is 0 Å². The van der Waals surface area contributed by atoms with Gasteiger partial charge in [0.25, 0.3) is 0 Å². The summed E-state index contributed by atoms with van der Waals surface area (Å²) in [5.41, 5.74) is 1.90. The summed E-state index contributed by atoms with van der Waals surface area (Å²) in [6.45, 7) is 0. The highest BCUT2D eigenvalue weighted by atomic mass is 32.1. The number of thiazole rings is 1. The molecule has 0 unspecified atom stereocenters. The molecule has 0 N–H and O–H groups in total. The topological polar surface area (TPSA) is 38.7 Å². The molecular weight excluding hydrogens is 202 g/mol. The molecule has 2 aromatic heterocycles. The summed E-state index contributed by atoms with van der Waals surface area (Å²) in [5.74, 6) is 0.741. The van der Waals surface area contributed by atoms with E-state index in [0.29, 0.717) is 0 Å². The average molecular weight is 209 g/mol. The van der Waals surface area contributed by atoms with Crippen LogP contribution in [0.25, 0.3) is 11.4 Å². The van der Waals surface area contributed by atoms with Crippen LogP contribution in [-0.4, -0.2) is 14.6 Å². The number of rotatable bonds is 2. The van der Waals surface area contributed by atoms with Gasteiger partial charge in [0.1, 0.15) is 11.4 Å². The first-order valence-corrected chi connectivity index (χ1v) is 5.88. The van der Waals surface area contributed by atoms with Gasteiger partial charge in [-0.2, -0.15) is 0 Å². The highest BCUT2D eigenvalue weighted by Gasteiger charge is 2.26. The maximum Gasteiger partial charge on any atom is 0.125 e. The molecule has 0 amide bonds. The van der Waals surface area contributed by atoms with Gasteiger partial charge in [-0.05, 0) is 24.4 Å². The van der Waals surface area contributed by atoms with Gasteiger partial charge < -0.3 is 0 Å². The van der Waals surface area contributed by atoms with Crippen LogP contribution in [0, 0.1) is 0 Å². The van der Waals surface area contributed by atoms with E-state index in [9.17, 15) is 0 Å². The Hall–Kier alpha value is -0.810. The average Bonchev–Trinajstić information content (AvgIpc) is 2.72. The van der Waals surface area contributed by atoms with Crippen molar-refractivity contribution in [1.82, 2.24) is 14.6 Å². The first-order valence-electron chi connectivity index (χ1n) is 4.16. The SMILES string of the molecule is c1snnc1-c1csc(C2CC2)n1. The van der Waals surface area contributed by atoms with E-state index in [1.807, 2.05) is 5.38 Å². The molecule has 1 aliphatic carbocycles. The minimum absolute atomic E-state index is 0.741. The van der Waals surface area contributed by atoms with Crippen LogP contribution >= 0.6 is 22.9 Å². The Labute approximate surface area is 83.6 Å². The molecule has 0 bridgehead atoms. The summed E-state index contributed by atoms with van der Waals surface area (Å²) < 4.78 is 3.82. The normalized spacial score (nSPS) is 16.3. The largest absolute Gasteiger partial charge is 0.239 e. The van der Waals surface area contributed by atoms with Crippen LogP contribution in [0.5, 0.6) is 0 Å². The van der Waals surface area contributed by atoms with Crippen molar-refractivity contribution in [2.45, 2.75) is 18.8 Å². The third-order valence-corrected chi connectivity index (χ3v) is 3.58. The van der Waals surface area contributed by atoms with Gasteiger partial charge in [-0.15, -0.1) is 16.4 Å². The smallest absolute Gasteiger partial charge is 0.125 e. The number of aromatic nitrogens is 3.